The molecule has 1 atom stereocenters. The Balaban J connectivity index is 2.12. The highest BCUT2D eigenvalue weighted by Crippen LogP contribution is 2.23. The third kappa shape index (κ3) is 1.80. The smallest absolute Gasteiger partial charge is 0.120 e. The fourth-order valence-electron chi connectivity index (χ4n) is 2.33. The van der Waals surface area contributed by atoms with Crippen LogP contribution in [0.1, 0.15) is 29.8 Å². The van der Waals surface area contributed by atoms with Crippen LogP contribution in [-0.4, -0.2) is 9.38 Å². The highest BCUT2D eigenvalue weighted by molar-refractivity contribution is 5.48. The lowest BCUT2D eigenvalue weighted by Gasteiger charge is -2.11. The van der Waals surface area contributed by atoms with Crippen molar-refractivity contribution >= 4 is 5.52 Å². The fourth-order valence-corrected chi connectivity index (χ4v) is 2.33. The third-order valence-electron chi connectivity index (χ3n) is 3.39. The van der Waals surface area contributed by atoms with E-state index in [0.29, 0.717) is 5.92 Å². The van der Waals surface area contributed by atoms with Gasteiger partial charge in [0.15, 0.2) is 0 Å². The summed E-state index contributed by atoms with van der Waals surface area (Å²) in [7, 11) is 0. The maximum atomic E-state index is 4.58. The molecule has 3 rings (SSSR count). The molecule has 0 saturated heterocycles. The molecule has 0 aliphatic rings. The molecule has 18 heavy (non-hydrogen) atoms. The van der Waals surface area contributed by atoms with Crippen molar-refractivity contribution in [2.45, 2.75) is 19.8 Å². The van der Waals surface area contributed by atoms with Gasteiger partial charge < -0.3 is 4.40 Å². The van der Waals surface area contributed by atoms with Crippen LogP contribution in [0.3, 0.4) is 0 Å². The van der Waals surface area contributed by atoms with Gasteiger partial charge in [0.2, 0.25) is 0 Å². The van der Waals surface area contributed by atoms with E-state index in [2.05, 4.69) is 65.8 Å². The molecule has 0 amide bonds. The Labute approximate surface area is 107 Å². The second-order valence-electron chi connectivity index (χ2n) is 4.75. The summed E-state index contributed by atoms with van der Waals surface area (Å²) in [6, 6.07) is 14.7. The van der Waals surface area contributed by atoms with Crippen LogP contribution < -0.4 is 0 Å². The molecule has 0 spiro atoms. The lowest BCUT2D eigenvalue weighted by Crippen LogP contribution is -2.02. The van der Waals surface area contributed by atoms with Gasteiger partial charge in [-0.1, -0.05) is 43.3 Å². The molecule has 2 aromatic heterocycles. The maximum absolute atomic E-state index is 4.58. The molecule has 3 aromatic rings. The zero-order valence-corrected chi connectivity index (χ0v) is 10.7. The lowest BCUT2D eigenvalue weighted by atomic mass is 10.0. The molecule has 2 nitrogen and oxygen atoms in total. The average molecular weight is 236 g/mol. The predicted octanol–water partition coefficient (Wildman–Crippen LogP) is 3.79. The fraction of sp³-hybridized carbons (Fsp3) is 0.188. The minimum Gasteiger partial charge on any atom is -0.303 e. The summed E-state index contributed by atoms with van der Waals surface area (Å²) in [5.74, 6) is 1.40. The molecule has 2 heteroatoms. The van der Waals surface area contributed by atoms with E-state index in [4.69, 9.17) is 0 Å². The van der Waals surface area contributed by atoms with E-state index in [0.717, 1.165) is 11.3 Å². The van der Waals surface area contributed by atoms with Crippen molar-refractivity contribution in [3.05, 3.63) is 71.8 Å². The number of nitrogens with zero attached hydrogens (tertiary/aromatic N) is 2. The van der Waals surface area contributed by atoms with Gasteiger partial charge in [-0.25, -0.2) is 4.98 Å². The van der Waals surface area contributed by atoms with Gasteiger partial charge in [-0.15, -0.1) is 0 Å². The molecule has 0 aliphatic heterocycles. The molecule has 0 aliphatic carbocycles. The number of hydrogen-bond donors (Lipinski definition) is 0. The number of benzene rings is 1. The summed E-state index contributed by atoms with van der Waals surface area (Å²) in [5.41, 5.74) is 3.70. The summed E-state index contributed by atoms with van der Waals surface area (Å²) in [6.45, 7) is 4.31. The molecule has 0 bridgehead atoms. The number of hydrogen-bond acceptors (Lipinski definition) is 1. The first-order valence-electron chi connectivity index (χ1n) is 6.24. The minimum atomic E-state index is 0.301. The SMILES string of the molecule is Cc1ccc2cnc([C@H](C)c3ccccc3)n2c1. The van der Waals surface area contributed by atoms with Crippen molar-refractivity contribution < 1.29 is 0 Å². The number of imidazole rings is 1. The summed E-state index contributed by atoms with van der Waals surface area (Å²) in [6.07, 6.45) is 4.09. The van der Waals surface area contributed by atoms with E-state index < -0.39 is 0 Å². The van der Waals surface area contributed by atoms with Crippen LogP contribution in [-0.2, 0) is 0 Å². The minimum absolute atomic E-state index is 0.301. The lowest BCUT2D eigenvalue weighted by molar-refractivity contribution is 0.809. The highest BCUT2D eigenvalue weighted by Gasteiger charge is 2.13. The molecular formula is C16H16N2. The molecular weight excluding hydrogens is 220 g/mol. The van der Waals surface area contributed by atoms with E-state index >= 15 is 0 Å². The van der Waals surface area contributed by atoms with Crippen molar-refractivity contribution in [1.29, 1.82) is 0 Å². The summed E-state index contributed by atoms with van der Waals surface area (Å²) in [4.78, 5) is 4.58. The van der Waals surface area contributed by atoms with Crippen LogP contribution in [0.4, 0.5) is 0 Å². The zero-order chi connectivity index (χ0) is 12.5. The number of pyridine rings is 1. The quantitative estimate of drug-likeness (QED) is 0.661. The number of rotatable bonds is 2. The zero-order valence-electron chi connectivity index (χ0n) is 10.7. The van der Waals surface area contributed by atoms with Gasteiger partial charge in [-0.3, -0.25) is 0 Å². The first-order chi connectivity index (χ1) is 8.75. The summed E-state index contributed by atoms with van der Waals surface area (Å²) < 4.78 is 2.19. The van der Waals surface area contributed by atoms with Crippen molar-refractivity contribution in [1.82, 2.24) is 9.38 Å². The Morgan fingerprint density at radius 1 is 1.06 bits per heavy atom. The van der Waals surface area contributed by atoms with Crippen LogP contribution in [0.2, 0.25) is 0 Å². The van der Waals surface area contributed by atoms with Gasteiger partial charge in [0.05, 0.1) is 11.7 Å². The Hall–Kier alpha value is -2.09. The summed E-state index contributed by atoms with van der Waals surface area (Å²) >= 11 is 0. The largest absolute Gasteiger partial charge is 0.303 e. The van der Waals surface area contributed by atoms with Crippen LogP contribution >= 0.6 is 0 Å². The van der Waals surface area contributed by atoms with E-state index in [1.165, 1.54) is 11.1 Å². The van der Waals surface area contributed by atoms with Crippen molar-refractivity contribution in [2.75, 3.05) is 0 Å². The Bertz CT molecular complexity index is 668. The molecule has 0 unspecified atom stereocenters. The monoisotopic (exact) mass is 236 g/mol. The van der Waals surface area contributed by atoms with Gasteiger partial charge >= 0.3 is 0 Å². The van der Waals surface area contributed by atoms with Gasteiger partial charge in [0.1, 0.15) is 5.82 Å². The van der Waals surface area contributed by atoms with E-state index in [-0.39, 0.29) is 0 Å². The van der Waals surface area contributed by atoms with Gasteiger partial charge in [-0.05, 0) is 24.1 Å². The molecule has 0 saturated carbocycles. The first kappa shape index (κ1) is 11.0. The second-order valence-corrected chi connectivity index (χ2v) is 4.75. The average Bonchev–Trinajstić information content (AvgIpc) is 2.82. The standard InChI is InChI=1S/C16H16N2/c1-12-8-9-15-10-17-16(18(15)11-12)13(2)14-6-4-3-5-7-14/h3-11,13H,1-2H3/t13-/m1/s1. The van der Waals surface area contributed by atoms with Gasteiger partial charge in [0.25, 0.3) is 0 Å². The number of aryl methyl sites for hydroxylation is 1. The normalized spacial score (nSPS) is 12.8. The Morgan fingerprint density at radius 2 is 1.83 bits per heavy atom. The molecule has 1 aromatic carbocycles. The van der Waals surface area contributed by atoms with E-state index in [1.807, 2.05) is 12.3 Å². The predicted molar refractivity (Wildman–Crippen MR) is 73.9 cm³/mol. The summed E-state index contributed by atoms with van der Waals surface area (Å²) in [5, 5.41) is 0. The van der Waals surface area contributed by atoms with Gasteiger partial charge in [0, 0.05) is 12.1 Å². The van der Waals surface area contributed by atoms with Crippen LogP contribution in [0, 0.1) is 6.92 Å². The van der Waals surface area contributed by atoms with Crippen LogP contribution in [0.5, 0.6) is 0 Å². The third-order valence-corrected chi connectivity index (χ3v) is 3.39. The Morgan fingerprint density at radius 3 is 2.61 bits per heavy atom. The van der Waals surface area contributed by atoms with Crippen molar-refractivity contribution in [3.8, 4) is 0 Å². The first-order valence-corrected chi connectivity index (χ1v) is 6.24. The molecule has 0 radical (unpaired) electrons. The molecule has 0 N–H and O–H groups in total. The molecule has 90 valence electrons. The van der Waals surface area contributed by atoms with Gasteiger partial charge in [-0.2, -0.15) is 0 Å². The molecule has 2 heterocycles. The van der Waals surface area contributed by atoms with Crippen LogP contribution in [0.25, 0.3) is 5.52 Å². The van der Waals surface area contributed by atoms with Crippen LogP contribution in [0.15, 0.2) is 54.9 Å². The highest BCUT2D eigenvalue weighted by atomic mass is 15.0. The number of aromatic nitrogens is 2. The van der Waals surface area contributed by atoms with Crippen molar-refractivity contribution in [3.63, 3.8) is 0 Å². The topological polar surface area (TPSA) is 17.3 Å². The number of fused-ring (bicyclic) bond motifs is 1. The van der Waals surface area contributed by atoms with E-state index in [9.17, 15) is 0 Å². The van der Waals surface area contributed by atoms with E-state index in [1.54, 1.807) is 0 Å². The van der Waals surface area contributed by atoms with Crippen molar-refractivity contribution in [2.24, 2.45) is 0 Å². The molecule has 0 fully saturated rings. The maximum Gasteiger partial charge on any atom is 0.120 e. The Kier molecular flexibility index (Phi) is 2.63. The second kappa shape index (κ2) is 4.30.